The monoisotopic (exact) mass is 174 g/mol. The third-order valence-corrected chi connectivity index (χ3v) is 1.66. The van der Waals surface area contributed by atoms with Crippen molar-refractivity contribution in [2.24, 2.45) is 0 Å². The average Bonchev–Trinajstić information content (AvgIpc) is 2.03. The first-order chi connectivity index (χ1) is 5.72. The molecule has 0 aromatic carbocycles. The number of hydrogen-bond donors (Lipinski definition) is 1. The van der Waals surface area contributed by atoms with Gasteiger partial charge in [0, 0.05) is 13.1 Å². The molecule has 0 aromatic rings. The number of unbranched alkanes of at least 4 members (excludes halogenated alkanes) is 2. The van der Waals surface area contributed by atoms with Crippen molar-refractivity contribution < 1.29 is 15.0 Å². The van der Waals surface area contributed by atoms with Crippen LogP contribution in [0.15, 0.2) is 0 Å². The van der Waals surface area contributed by atoms with Crippen LogP contribution in [0.5, 0.6) is 0 Å². The van der Waals surface area contributed by atoms with Crippen LogP contribution in [0, 0.1) is 0 Å². The maximum Gasteiger partial charge on any atom is 0.137 e. The van der Waals surface area contributed by atoms with E-state index in [4.69, 9.17) is 5.11 Å². The van der Waals surface area contributed by atoms with Crippen molar-refractivity contribution in [1.82, 2.24) is 4.90 Å². The minimum absolute atomic E-state index is 0.139. The van der Waals surface area contributed by atoms with E-state index in [-0.39, 0.29) is 13.2 Å². The highest BCUT2D eigenvalue weighted by molar-refractivity contribution is 5.62. The van der Waals surface area contributed by atoms with Crippen LogP contribution in [0.4, 0.5) is 4.79 Å². The second-order valence-electron chi connectivity index (χ2n) is 2.68. The number of nitrogens with zero attached hydrogens (tertiary/aromatic N) is 1. The summed E-state index contributed by atoms with van der Waals surface area (Å²) >= 11 is 0. The van der Waals surface area contributed by atoms with Gasteiger partial charge in [-0.2, -0.15) is 0 Å². The van der Waals surface area contributed by atoms with Crippen LogP contribution in [-0.4, -0.2) is 35.8 Å². The van der Waals surface area contributed by atoms with E-state index in [1.165, 1.54) is 0 Å². The van der Waals surface area contributed by atoms with Crippen molar-refractivity contribution in [3.05, 3.63) is 0 Å². The number of aliphatic hydroxyl groups excluding tert-OH is 1. The Morgan fingerprint density at radius 3 is 2.50 bits per heavy atom. The molecule has 0 saturated heterocycles. The number of carbonyl (C=O) groups is 1. The smallest absolute Gasteiger partial charge is 0.137 e. The van der Waals surface area contributed by atoms with Gasteiger partial charge in [-0.1, -0.05) is 19.8 Å². The molecule has 0 atom stereocenters. The van der Waals surface area contributed by atoms with Crippen LogP contribution in [0.1, 0.15) is 26.2 Å². The highest BCUT2D eigenvalue weighted by atomic mass is 16.4. The third kappa shape index (κ3) is 4.96. The lowest BCUT2D eigenvalue weighted by molar-refractivity contribution is -0.266. The van der Waals surface area contributed by atoms with E-state index >= 15 is 0 Å². The summed E-state index contributed by atoms with van der Waals surface area (Å²) in [5.74, 6) is 0. The SMILES string of the molecule is CCCCCN(CCO)C(=O)[O-]. The molecule has 0 aromatic heterocycles. The number of hydrogen-bond acceptors (Lipinski definition) is 3. The van der Waals surface area contributed by atoms with Crippen LogP contribution < -0.4 is 5.11 Å². The standard InChI is InChI=1S/C8H17NO3/c1-2-3-4-5-9(6-7-10)8(11)12/h10H,2-7H2,1H3,(H,11,12)/p-1. The lowest BCUT2D eigenvalue weighted by Gasteiger charge is -2.23. The van der Waals surface area contributed by atoms with Crippen molar-refractivity contribution >= 4 is 6.09 Å². The second kappa shape index (κ2) is 6.91. The van der Waals surface area contributed by atoms with Gasteiger partial charge in [-0.25, -0.2) is 0 Å². The summed E-state index contributed by atoms with van der Waals surface area (Å²) in [4.78, 5) is 11.5. The highest BCUT2D eigenvalue weighted by Crippen LogP contribution is 1.97. The van der Waals surface area contributed by atoms with Crippen molar-refractivity contribution in [2.75, 3.05) is 19.7 Å². The molecule has 0 saturated carbocycles. The Hall–Kier alpha value is -0.770. The van der Waals surface area contributed by atoms with Crippen LogP contribution in [0.2, 0.25) is 0 Å². The Labute approximate surface area is 72.8 Å². The molecule has 0 unspecified atom stereocenters. The van der Waals surface area contributed by atoms with Crippen molar-refractivity contribution in [3.63, 3.8) is 0 Å². The zero-order valence-electron chi connectivity index (χ0n) is 7.45. The predicted molar refractivity (Wildman–Crippen MR) is 43.6 cm³/mol. The molecular weight excluding hydrogens is 158 g/mol. The molecule has 12 heavy (non-hydrogen) atoms. The van der Waals surface area contributed by atoms with Gasteiger partial charge in [0.15, 0.2) is 0 Å². The second-order valence-corrected chi connectivity index (χ2v) is 2.68. The molecule has 4 nitrogen and oxygen atoms in total. The molecule has 1 amide bonds. The van der Waals surface area contributed by atoms with Gasteiger partial charge in [0.25, 0.3) is 0 Å². The molecule has 1 N–H and O–H groups in total. The number of carboxylic acid groups (broad SMARTS) is 1. The molecule has 4 heteroatoms. The Morgan fingerprint density at radius 2 is 2.08 bits per heavy atom. The molecule has 0 spiro atoms. The van der Waals surface area contributed by atoms with Gasteiger partial charge in [0.2, 0.25) is 0 Å². The van der Waals surface area contributed by atoms with Crippen LogP contribution in [0.3, 0.4) is 0 Å². The van der Waals surface area contributed by atoms with Crippen molar-refractivity contribution in [3.8, 4) is 0 Å². The fourth-order valence-corrected chi connectivity index (χ4v) is 0.968. The molecule has 0 aliphatic rings. The van der Waals surface area contributed by atoms with Crippen LogP contribution in [-0.2, 0) is 0 Å². The van der Waals surface area contributed by atoms with Gasteiger partial charge in [-0.3, -0.25) is 0 Å². The summed E-state index contributed by atoms with van der Waals surface area (Å²) in [6.07, 6.45) is 1.71. The zero-order chi connectivity index (χ0) is 9.40. The Morgan fingerprint density at radius 1 is 1.42 bits per heavy atom. The van der Waals surface area contributed by atoms with Crippen LogP contribution >= 0.6 is 0 Å². The highest BCUT2D eigenvalue weighted by Gasteiger charge is 2.01. The first-order valence-corrected chi connectivity index (χ1v) is 4.29. The first kappa shape index (κ1) is 11.2. The van der Waals surface area contributed by atoms with E-state index in [0.29, 0.717) is 6.54 Å². The number of amides is 1. The van der Waals surface area contributed by atoms with Gasteiger partial charge in [0.1, 0.15) is 6.09 Å². The summed E-state index contributed by atoms with van der Waals surface area (Å²) in [5.41, 5.74) is 0. The maximum absolute atomic E-state index is 10.4. The van der Waals surface area contributed by atoms with Gasteiger partial charge < -0.3 is 19.9 Å². The maximum atomic E-state index is 10.4. The fraction of sp³-hybridized carbons (Fsp3) is 0.875. The van der Waals surface area contributed by atoms with Crippen molar-refractivity contribution in [1.29, 1.82) is 0 Å². The summed E-state index contributed by atoms with van der Waals surface area (Å²) in [6, 6.07) is 0. The minimum Gasteiger partial charge on any atom is -0.530 e. The average molecular weight is 174 g/mol. The van der Waals surface area contributed by atoms with Gasteiger partial charge in [0.05, 0.1) is 6.61 Å². The first-order valence-electron chi connectivity index (χ1n) is 4.29. The van der Waals surface area contributed by atoms with Gasteiger partial charge in [-0.05, 0) is 6.42 Å². The largest absolute Gasteiger partial charge is 0.530 e. The topological polar surface area (TPSA) is 63.6 Å². The summed E-state index contributed by atoms with van der Waals surface area (Å²) in [7, 11) is 0. The number of rotatable bonds is 6. The fourth-order valence-electron chi connectivity index (χ4n) is 0.968. The van der Waals surface area contributed by atoms with E-state index in [0.717, 1.165) is 24.2 Å². The minimum atomic E-state index is -1.19. The van der Waals surface area contributed by atoms with Crippen molar-refractivity contribution in [2.45, 2.75) is 26.2 Å². The molecular formula is C8H16NO3-. The molecule has 72 valence electrons. The summed E-state index contributed by atoms with van der Waals surface area (Å²) < 4.78 is 0. The van der Waals surface area contributed by atoms with E-state index in [9.17, 15) is 9.90 Å². The van der Waals surface area contributed by atoms with E-state index in [1.807, 2.05) is 0 Å². The summed E-state index contributed by atoms with van der Waals surface area (Å²) in [6.45, 7) is 2.54. The molecule has 0 rings (SSSR count). The summed E-state index contributed by atoms with van der Waals surface area (Å²) in [5, 5.41) is 18.9. The van der Waals surface area contributed by atoms with E-state index in [2.05, 4.69) is 6.92 Å². The lowest BCUT2D eigenvalue weighted by atomic mass is 10.2. The Bertz CT molecular complexity index is 127. The van der Waals surface area contributed by atoms with E-state index < -0.39 is 6.09 Å². The van der Waals surface area contributed by atoms with Gasteiger partial charge in [-0.15, -0.1) is 0 Å². The Balaban J connectivity index is 3.56. The zero-order valence-corrected chi connectivity index (χ0v) is 7.45. The van der Waals surface area contributed by atoms with Gasteiger partial charge >= 0.3 is 0 Å². The quantitative estimate of drug-likeness (QED) is 0.568. The number of carbonyl (C=O) groups excluding carboxylic acids is 1. The Kier molecular flexibility index (Phi) is 6.47. The molecule has 0 radical (unpaired) electrons. The number of aliphatic hydroxyl groups is 1. The van der Waals surface area contributed by atoms with Crippen LogP contribution in [0.25, 0.3) is 0 Å². The lowest BCUT2D eigenvalue weighted by Crippen LogP contribution is -2.43. The molecule has 0 heterocycles. The normalized spacial score (nSPS) is 9.83. The molecule has 0 bridgehead atoms. The van der Waals surface area contributed by atoms with E-state index in [1.54, 1.807) is 0 Å². The molecule has 0 aliphatic carbocycles. The predicted octanol–water partition coefficient (Wildman–Crippen LogP) is -0.186. The third-order valence-electron chi connectivity index (χ3n) is 1.66. The molecule has 0 fully saturated rings. The molecule has 0 aliphatic heterocycles.